The lowest BCUT2D eigenvalue weighted by atomic mass is 10.2. The minimum absolute atomic E-state index is 0.143. The number of thioether (sulfide) groups is 1. The van der Waals surface area contributed by atoms with E-state index in [0.29, 0.717) is 6.42 Å². The van der Waals surface area contributed by atoms with Crippen LogP contribution in [0.5, 0.6) is 0 Å². The van der Waals surface area contributed by atoms with E-state index in [4.69, 9.17) is 5.73 Å². The average molecular weight is 225 g/mol. The Morgan fingerprint density at radius 3 is 2.87 bits per heavy atom. The molecule has 1 aromatic heterocycles. The van der Waals surface area contributed by atoms with Crippen LogP contribution in [-0.2, 0) is 4.79 Å². The van der Waals surface area contributed by atoms with Gasteiger partial charge in [0.1, 0.15) is 0 Å². The van der Waals surface area contributed by atoms with E-state index in [1.54, 1.807) is 36.3 Å². The number of carbonyl (C=O) groups is 1. The fourth-order valence-electron chi connectivity index (χ4n) is 1.05. The molecule has 0 aliphatic heterocycles. The van der Waals surface area contributed by atoms with Crippen molar-refractivity contribution in [3.63, 3.8) is 0 Å². The van der Waals surface area contributed by atoms with Crippen LogP contribution in [0.2, 0.25) is 0 Å². The van der Waals surface area contributed by atoms with E-state index in [1.165, 1.54) is 0 Å². The molecular formula is C10H15N3OS. The van der Waals surface area contributed by atoms with Crippen LogP contribution < -0.4 is 11.1 Å². The van der Waals surface area contributed by atoms with Gasteiger partial charge in [0.15, 0.2) is 0 Å². The van der Waals surface area contributed by atoms with Gasteiger partial charge in [0.05, 0.1) is 6.04 Å². The first kappa shape index (κ1) is 12.0. The first-order chi connectivity index (χ1) is 7.24. The fraction of sp³-hybridized carbons (Fsp3) is 0.400. The molecular weight excluding hydrogens is 210 g/mol. The molecule has 3 N–H and O–H groups in total. The Morgan fingerprint density at radius 2 is 2.27 bits per heavy atom. The van der Waals surface area contributed by atoms with E-state index < -0.39 is 6.04 Å². The number of anilines is 1. The summed E-state index contributed by atoms with van der Waals surface area (Å²) in [6, 6.07) is 3.03. The monoisotopic (exact) mass is 225 g/mol. The van der Waals surface area contributed by atoms with Gasteiger partial charge in [-0.25, -0.2) is 0 Å². The predicted octanol–water partition coefficient (Wildman–Crippen LogP) is 1.10. The predicted molar refractivity (Wildman–Crippen MR) is 63.8 cm³/mol. The SMILES string of the molecule is CSCC[C@H](N)C(=O)Nc1ccncc1. The molecule has 1 amide bonds. The molecule has 0 saturated carbocycles. The molecule has 0 aromatic carbocycles. The van der Waals surface area contributed by atoms with Gasteiger partial charge in [-0.2, -0.15) is 11.8 Å². The zero-order valence-electron chi connectivity index (χ0n) is 8.64. The van der Waals surface area contributed by atoms with Crippen LogP contribution in [0.3, 0.4) is 0 Å². The van der Waals surface area contributed by atoms with Gasteiger partial charge in [-0.15, -0.1) is 0 Å². The van der Waals surface area contributed by atoms with Crippen molar-refractivity contribution in [2.45, 2.75) is 12.5 Å². The molecule has 1 aromatic rings. The highest BCUT2D eigenvalue weighted by atomic mass is 32.2. The maximum atomic E-state index is 11.6. The molecule has 0 radical (unpaired) electrons. The van der Waals surface area contributed by atoms with Gasteiger partial charge in [-0.05, 0) is 30.6 Å². The van der Waals surface area contributed by atoms with E-state index >= 15 is 0 Å². The van der Waals surface area contributed by atoms with Gasteiger partial charge >= 0.3 is 0 Å². The van der Waals surface area contributed by atoms with Gasteiger partial charge < -0.3 is 11.1 Å². The van der Waals surface area contributed by atoms with Crippen molar-refractivity contribution >= 4 is 23.4 Å². The third-order valence-corrected chi connectivity index (χ3v) is 2.56. The van der Waals surface area contributed by atoms with Crippen LogP contribution in [0.4, 0.5) is 5.69 Å². The second-order valence-corrected chi connectivity index (χ2v) is 4.10. The van der Waals surface area contributed by atoms with Crippen LogP contribution in [0.25, 0.3) is 0 Å². The van der Waals surface area contributed by atoms with Crippen LogP contribution in [0, 0.1) is 0 Å². The molecule has 1 rings (SSSR count). The number of aromatic nitrogens is 1. The molecule has 1 heterocycles. The van der Waals surface area contributed by atoms with Crippen molar-refractivity contribution in [2.75, 3.05) is 17.3 Å². The van der Waals surface area contributed by atoms with Gasteiger partial charge in [0.2, 0.25) is 5.91 Å². The van der Waals surface area contributed by atoms with Gasteiger partial charge in [-0.3, -0.25) is 9.78 Å². The Hall–Kier alpha value is -1.07. The second-order valence-electron chi connectivity index (χ2n) is 3.11. The third-order valence-electron chi connectivity index (χ3n) is 1.92. The first-order valence-corrected chi connectivity index (χ1v) is 6.09. The second kappa shape index (κ2) is 6.42. The smallest absolute Gasteiger partial charge is 0.241 e. The minimum atomic E-state index is -0.439. The summed E-state index contributed by atoms with van der Waals surface area (Å²) >= 11 is 1.68. The lowest BCUT2D eigenvalue weighted by molar-refractivity contribution is -0.117. The summed E-state index contributed by atoms with van der Waals surface area (Å²) in [5, 5.41) is 2.74. The molecule has 1 atom stereocenters. The zero-order valence-corrected chi connectivity index (χ0v) is 9.46. The van der Waals surface area contributed by atoms with Crippen LogP contribution in [-0.4, -0.2) is 28.9 Å². The average Bonchev–Trinajstić information content (AvgIpc) is 2.27. The lowest BCUT2D eigenvalue weighted by Crippen LogP contribution is -2.36. The summed E-state index contributed by atoms with van der Waals surface area (Å²) in [5.74, 6) is 0.750. The standard InChI is InChI=1S/C10H15N3OS/c1-15-7-4-9(11)10(14)13-8-2-5-12-6-3-8/h2-3,5-6,9H,4,7,11H2,1H3,(H,12,13,14)/t9-/m0/s1. The lowest BCUT2D eigenvalue weighted by Gasteiger charge is -2.11. The Morgan fingerprint density at radius 1 is 1.60 bits per heavy atom. The van der Waals surface area contributed by atoms with Crippen LogP contribution in [0.1, 0.15) is 6.42 Å². The van der Waals surface area contributed by atoms with E-state index in [9.17, 15) is 4.79 Å². The molecule has 82 valence electrons. The first-order valence-electron chi connectivity index (χ1n) is 4.69. The fourth-order valence-corrected chi connectivity index (χ4v) is 1.54. The molecule has 0 unspecified atom stereocenters. The topological polar surface area (TPSA) is 68.0 Å². The number of rotatable bonds is 5. The van der Waals surface area contributed by atoms with E-state index in [2.05, 4.69) is 10.3 Å². The molecule has 0 aliphatic rings. The molecule has 0 saturated heterocycles. The zero-order chi connectivity index (χ0) is 11.1. The highest BCUT2D eigenvalue weighted by Gasteiger charge is 2.12. The third kappa shape index (κ3) is 4.31. The van der Waals surface area contributed by atoms with Crippen LogP contribution >= 0.6 is 11.8 Å². The van der Waals surface area contributed by atoms with Gasteiger partial charge in [0, 0.05) is 18.1 Å². The summed E-state index contributed by atoms with van der Waals surface area (Å²) < 4.78 is 0. The van der Waals surface area contributed by atoms with E-state index in [1.807, 2.05) is 6.26 Å². The Balaban J connectivity index is 2.42. The summed E-state index contributed by atoms with van der Waals surface area (Å²) in [7, 11) is 0. The van der Waals surface area contributed by atoms with Crippen molar-refractivity contribution in [1.82, 2.24) is 4.98 Å². The highest BCUT2D eigenvalue weighted by molar-refractivity contribution is 7.98. The summed E-state index contributed by atoms with van der Waals surface area (Å²) in [6.07, 6.45) is 5.94. The van der Waals surface area contributed by atoms with Crippen LogP contribution in [0.15, 0.2) is 24.5 Å². The normalized spacial score (nSPS) is 12.1. The number of nitrogens with zero attached hydrogens (tertiary/aromatic N) is 1. The number of hydrogen-bond donors (Lipinski definition) is 2. The summed E-state index contributed by atoms with van der Waals surface area (Å²) in [5.41, 5.74) is 6.44. The van der Waals surface area contributed by atoms with Crippen molar-refractivity contribution in [3.8, 4) is 0 Å². The molecule has 0 fully saturated rings. The number of nitrogens with one attached hydrogen (secondary N) is 1. The van der Waals surface area contributed by atoms with Crippen molar-refractivity contribution in [1.29, 1.82) is 0 Å². The number of amides is 1. The summed E-state index contributed by atoms with van der Waals surface area (Å²) in [4.78, 5) is 15.4. The van der Waals surface area contributed by atoms with Crippen molar-refractivity contribution in [2.24, 2.45) is 5.73 Å². The summed E-state index contributed by atoms with van der Waals surface area (Å²) in [6.45, 7) is 0. The number of nitrogens with two attached hydrogens (primary N) is 1. The molecule has 5 heteroatoms. The maximum absolute atomic E-state index is 11.6. The Kier molecular flexibility index (Phi) is 5.14. The Bertz CT molecular complexity index is 305. The van der Waals surface area contributed by atoms with Gasteiger partial charge in [0.25, 0.3) is 0 Å². The molecule has 4 nitrogen and oxygen atoms in total. The Labute approximate surface area is 93.7 Å². The van der Waals surface area contributed by atoms with Crippen molar-refractivity contribution < 1.29 is 4.79 Å². The maximum Gasteiger partial charge on any atom is 0.241 e. The minimum Gasteiger partial charge on any atom is -0.325 e. The highest BCUT2D eigenvalue weighted by Crippen LogP contribution is 2.05. The number of pyridine rings is 1. The largest absolute Gasteiger partial charge is 0.325 e. The molecule has 0 bridgehead atoms. The van der Waals surface area contributed by atoms with E-state index in [-0.39, 0.29) is 5.91 Å². The quantitative estimate of drug-likeness (QED) is 0.787. The van der Waals surface area contributed by atoms with Gasteiger partial charge in [-0.1, -0.05) is 0 Å². The molecule has 15 heavy (non-hydrogen) atoms. The molecule has 0 aliphatic carbocycles. The van der Waals surface area contributed by atoms with Crippen molar-refractivity contribution in [3.05, 3.63) is 24.5 Å². The van der Waals surface area contributed by atoms with E-state index in [0.717, 1.165) is 11.4 Å². The molecule has 0 spiro atoms. The number of hydrogen-bond acceptors (Lipinski definition) is 4. The number of carbonyl (C=O) groups excluding carboxylic acids is 1.